The summed E-state index contributed by atoms with van der Waals surface area (Å²) >= 11 is 0. The van der Waals surface area contributed by atoms with Crippen molar-refractivity contribution in [3.05, 3.63) is 103 Å². The van der Waals surface area contributed by atoms with Crippen LogP contribution >= 0.6 is 0 Å². The largest absolute Gasteiger partial charge is 0.342 e. The third-order valence-corrected chi connectivity index (χ3v) is 4.39. The van der Waals surface area contributed by atoms with Crippen molar-refractivity contribution in [2.45, 2.75) is 13.1 Å². The second kappa shape index (κ2) is 6.73. The molecule has 4 aromatic rings. The van der Waals surface area contributed by atoms with Crippen molar-refractivity contribution in [1.82, 2.24) is 4.57 Å². The number of Topliss-reactive ketones (excluding diaryl/α,β-unsaturated/α-hetero) is 1. The van der Waals surface area contributed by atoms with Gasteiger partial charge in [0.15, 0.2) is 12.4 Å². The van der Waals surface area contributed by atoms with E-state index in [2.05, 4.69) is 22.8 Å². The quantitative estimate of drug-likeness (QED) is 0.404. The molecule has 0 spiro atoms. The van der Waals surface area contributed by atoms with Gasteiger partial charge in [0.2, 0.25) is 12.3 Å². The summed E-state index contributed by atoms with van der Waals surface area (Å²) in [6, 6.07) is 24.2. The van der Waals surface area contributed by atoms with Crippen molar-refractivity contribution in [3.8, 4) is 0 Å². The number of fused-ring (bicyclic) bond motifs is 1. The van der Waals surface area contributed by atoms with Crippen LogP contribution in [0, 0.1) is 0 Å². The minimum Gasteiger partial charge on any atom is -0.342 e. The number of hydrogen-bond donors (Lipinski definition) is 0. The maximum Gasteiger partial charge on any atom is 0.229 e. The lowest BCUT2D eigenvalue weighted by molar-refractivity contribution is -0.683. The number of nitrogens with zero attached hydrogens (tertiary/aromatic N) is 2. The van der Waals surface area contributed by atoms with Crippen molar-refractivity contribution in [2.24, 2.45) is 0 Å². The molecular formula is C22H19N2O+. The average molecular weight is 327 g/mol. The van der Waals surface area contributed by atoms with E-state index in [9.17, 15) is 4.79 Å². The first-order valence-electron chi connectivity index (χ1n) is 8.40. The molecule has 0 aliphatic rings. The summed E-state index contributed by atoms with van der Waals surface area (Å²) in [5.74, 6) is 0.124. The minimum absolute atomic E-state index is 0.124. The van der Waals surface area contributed by atoms with Crippen LogP contribution in [0.15, 0.2) is 91.4 Å². The Bertz CT molecular complexity index is 1000. The summed E-state index contributed by atoms with van der Waals surface area (Å²) in [4.78, 5) is 12.9. The Hall–Kier alpha value is -3.20. The fourth-order valence-corrected chi connectivity index (χ4v) is 3.17. The van der Waals surface area contributed by atoms with Gasteiger partial charge in [-0.2, -0.15) is 4.57 Å². The van der Waals surface area contributed by atoms with Crippen molar-refractivity contribution in [1.29, 1.82) is 0 Å². The first-order valence-corrected chi connectivity index (χ1v) is 8.40. The lowest BCUT2D eigenvalue weighted by Gasteiger charge is -2.05. The number of para-hydroxylation sites is 1. The number of carbonyl (C=O) groups is 1. The summed E-state index contributed by atoms with van der Waals surface area (Å²) in [5.41, 5.74) is 3.09. The topological polar surface area (TPSA) is 25.9 Å². The Morgan fingerprint density at radius 2 is 1.52 bits per heavy atom. The second-order valence-corrected chi connectivity index (χ2v) is 6.14. The molecule has 0 bridgehead atoms. The molecule has 2 aromatic carbocycles. The highest BCUT2D eigenvalue weighted by atomic mass is 16.1. The molecule has 0 unspecified atom stereocenters. The highest BCUT2D eigenvalue weighted by Crippen LogP contribution is 2.23. The molecule has 0 amide bonds. The van der Waals surface area contributed by atoms with Gasteiger partial charge in [0.25, 0.3) is 0 Å². The van der Waals surface area contributed by atoms with Gasteiger partial charge >= 0.3 is 0 Å². The van der Waals surface area contributed by atoms with Gasteiger partial charge in [-0.25, -0.2) is 0 Å². The molecule has 0 radical (unpaired) electrons. The van der Waals surface area contributed by atoms with E-state index in [-0.39, 0.29) is 5.78 Å². The van der Waals surface area contributed by atoms with Crippen LogP contribution in [0.3, 0.4) is 0 Å². The van der Waals surface area contributed by atoms with Gasteiger partial charge in [-0.1, -0.05) is 54.6 Å². The Kier molecular flexibility index (Phi) is 4.13. The zero-order chi connectivity index (χ0) is 17.1. The van der Waals surface area contributed by atoms with Crippen molar-refractivity contribution in [3.63, 3.8) is 0 Å². The molecule has 3 nitrogen and oxygen atoms in total. The number of rotatable bonds is 5. The molecule has 0 fully saturated rings. The molecule has 25 heavy (non-hydrogen) atoms. The van der Waals surface area contributed by atoms with Crippen LogP contribution in [0.1, 0.15) is 15.9 Å². The summed E-state index contributed by atoms with van der Waals surface area (Å²) in [6.45, 7) is 1.10. The molecule has 3 heteroatoms. The summed E-state index contributed by atoms with van der Waals surface area (Å²) in [5, 5.41) is 1.01. The zero-order valence-corrected chi connectivity index (χ0v) is 13.9. The SMILES string of the molecule is O=C(C[n+]1ccccc1)c1cn(Cc2ccccc2)c2ccccc12. The number of ketones is 1. The van der Waals surface area contributed by atoms with E-state index in [1.165, 1.54) is 5.56 Å². The molecule has 4 rings (SSSR count). The minimum atomic E-state index is 0.124. The van der Waals surface area contributed by atoms with Crippen LogP contribution in [-0.4, -0.2) is 10.4 Å². The molecule has 2 aromatic heterocycles. The third kappa shape index (κ3) is 3.22. The van der Waals surface area contributed by atoms with Gasteiger partial charge in [-0.3, -0.25) is 4.79 Å². The molecule has 0 aliphatic heterocycles. The van der Waals surface area contributed by atoms with Crippen molar-refractivity contribution >= 4 is 16.7 Å². The molecule has 0 aliphatic carbocycles. The molecule has 122 valence electrons. The van der Waals surface area contributed by atoms with E-state index in [1.807, 2.05) is 77.8 Å². The fraction of sp³-hybridized carbons (Fsp3) is 0.0909. The Morgan fingerprint density at radius 1 is 0.840 bits per heavy atom. The maximum absolute atomic E-state index is 12.9. The Morgan fingerprint density at radius 3 is 2.32 bits per heavy atom. The lowest BCUT2D eigenvalue weighted by atomic mass is 10.1. The van der Waals surface area contributed by atoms with E-state index >= 15 is 0 Å². The van der Waals surface area contributed by atoms with E-state index in [0.29, 0.717) is 6.54 Å². The number of benzene rings is 2. The predicted octanol–water partition coefficient (Wildman–Crippen LogP) is 3.86. The predicted molar refractivity (Wildman–Crippen MR) is 98.4 cm³/mol. The third-order valence-electron chi connectivity index (χ3n) is 4.39. The highest BCUT2D eigenvalue weighted by molar-refractivity contribution is 6.07. The fourth-order valence-electron chi connectivity index (χ4n) is 3.17. The lowest BCUT2D eigenvalue weighted by Crippen LogP contribution is -2.36. The van der Waals surface area contributed by atoms with E-state index in [0.717, 1.165) is 23.0 Å². The van der Waals surface area contributed by atoms with Crippen molar-refractivity contribution < 1.29 is 9.36 Å². The van der Waals surface area contributed by atoms with Crippen LogP contribution in [0.4, 0.5) is 0 Å². The average Bonchev–Trinajstić information content (AvgIpc) is 3.02. The van der Waals surface area contributed by atoms with Crippen LogP contribution < -0.4 is 4.57 Å². The number of carbonyl (C=O) groups excluding carboxylic acids is 1. The monoisotopic (exact) mass is 327 g/mol. The first-order chi connectivity index (χ1) is 12.3. The Labute approximate surface area is 146 Å². The maximum atomic E-state index is 12.9. The first kappa shape index (κ1) is 15.3. The van der Waals surface area contributed by atoms with Gasteiger partial charge in [0, 0.05) is 41.3 Å². The van der Waals surface area contributed by atoms with Crippen LogP contribution in [0.2, 0.25) is 0 Å². The van der Waals surface area contributed by atoms with Crippen molar-refractivity contribution in [2.75, 3.05) is 0 Å². The Balaban J connectivity index is 1.71. The molecule has 0 saturated heterocycles. The number of aromatic nitrogens is 2. The van der Waals surface area contributed by atoms with E-state index < -0.39 is 0 Å². The molecule has 0 atom stereocenters. The molecular weight excluding hydrogens is 308 g/mol. The van der Waals surface area contributed by atoms with E-state index in [1.54, 1.807) is 0 Å². The normalized spacial score (nSPS) is 10.9. The van der Waals surface area contributed by atoms with Gasteiger partial charge in [-0.15, -0.1) is 0 Å². The smallest absolute Gasteiger partial charge is 0.229 e. The van der Waals surface area contributed by atoms with Crippen LogP contribution in [0.25, 0.3) is 10.9 Å². The molecule has 2 heterocycles. The van der Waals surface area contributed by atoms with E-state index in [4.69, 9.17) is 0 Å². The van der Waals surface area contributed by atoms with Gasteiger partial charge in [0.1, 0.15) is 0 Å². The van der Waals surface area contributed by atoms with Crippen LogP contribution in [-0.2, 0) is 13.1 Å². The van der Waals surface area contributed by atoms with Gasteiger partial charge in [0.05, 0.1) is 0 Å². The number of hydrogen-bond acceptors (Lipinski definition) is 1. The molecule has 0 N–H and O–H groups in total. The standard InChI is InChI=1S/C22H19N2O/c25-22(17-23-13-7-2-8-14-23)20-16-24(15-18-9-3-1-4-10-18)21-12-6-5-11-19(20)21/h1-14,16H,15,17H2/q+1. The van der Waals surface area contributed by atoms with Gasteiger partial charge in [-0.05, 0) is 11.6 Å². The summed E-state index contributed by atoms with van der Waals surface area (Å²) in [6.07, 6.45) is 5.83. The van der Waals surface area contributed by atoms with Crippen LogP contribution in [0.5, 0.6) is 0 Å². The van der Waals surface area contributed by atoms with Gasteiger partial charge < -0.3 is 4.57 Å². The zero-order valence-electron chi connectivity index (χ0n) is 13.9. The highest BCUT2D eigenvalue weighted by Gasteiger charge is 2.18. The second-order valence-electron chi connectivity index (χ2n) is 6.14. The number of pyridine rings is 1. The summed E-state index contributed by atoms with van der Waals surface area (Å²) < 4.78 is 4.07. The summed E-state index contributed by atoms with van der Waals surface area (Å²) in [7, 11) is 0. The molecule has 0 saturated carbocycles.